The lowest BCUT2D eigenvalue weighted by atomic mass is 9.78. The van der Waals surface area contributed by atoms with Crippen LogP contribution in [0, 0.1) is 41.1 Å². The maximum absolute atomic E-state index is 14.9. The minimum absolute atomic E-state index is 0.0304. The van der Waals surface area contributed by atoms with Crippen molar-refractivity contribution in [3.8, 4) is 5.75 Å². The predicted molar refractivity (Wildman–Crippen MR) is 132 cm³/mol. The number of ether oxygens (including phenoxy) is 4. The molecule has 1 aromatic rings. The van der Waals surface area contributed by atoms with E-state index < -0.39 is 53.7 Å². The summed E-state index contributed by atoms with van der Waals surface area (Å²) in [7, 11) is 0. The molecule has 4 nitrogen and oxygen atoms in total. The van der Waals surface area contributed by atoms with Crippen molar-refractivity contribution in [3.05, 3.63) is 29.6 Å². The molecule has 1 aromatic carbocycles. The van der Waals surface area contributed by atoms with E-state index in [0.717, 1.165) is 32.1 Å². The maximum Gasteiger partial charge on any atom is 0.451 e. The Morgan fingerprint density at radius 1 is 0.775 bits per heavy atom. The van der Waals surface area contributed by atoms with Gasteiger partial charge in [-0.25, -0.2) is 13.2 Å². The second kappa shape index (κ2) is 13.6. The molecule has 1 aliphatic heterocycles. The van der Waals surface area contributed by atoms with Gasteiger partial charge in [-0.1, -0.05) is 32.6 Å². The molecule has 228 valence electrons. The topological polar surface area (TPSA) is 36.9 Å². The maximum atomic E-state index is 14.9. The Balaban J connectivity index is 1.18. The lowest BCUT2D eigenvalue weighted by Gasteiger charge is -2.40. The lowest BCUT2D eigenvalue weighted by Crippen LogP contribution is -2.49. The summed E-state index contributed by atoms with van der Waals surface area (Å²) in [4.78, 5) is 0. The van der Waals surface area contributed by atoms with Crippen LogP contribution in [0.2, 0.25) is 0 Å². The van der Waals surface area contributed by atoms with Gasteiger partial charge in [0.1, 0.15) is 5.75 Å². The summed E-state index contributed by atoms with van der Waals surface area (Å²) in [5.41, 5.74) is 0. The zero-order chi connectivity index (χ0) is 28.9. The Bertz CT molecular complexity index is 915. The Morgan fingerprint density at radius 3 is 1.95 bits per heavy atom. The zero-order valence-electron chi connectivity index (χ0n) is 22.8. The van der Waals surface area contributed by atoms with Gasteiger partial charge in [0, 0.05) is 18.1 Å². The van der Waals surface area contributed by atoms with Crippen LogP contribution in [0.1, 0.15) is 84.0 Å². The van der Waals surface area contributed by atoms with Crippen molar-refractivity contribution in [1.29, 1.82) is 0 Å². The first-order chi connectivity index (χ1) is 19.0. The molecule has 2 aliphatic carbocycles. The minimum atomic E-state index is -4.09. The van der Waals surface area contributed by atoms with E-state index in [1.54, 1.807) is 0 Å². The largest absolute Gasteiger partial charge is 0.451 e. The van der Waals surface area contributed by atoms with Crippen molar-refractivity contribution in [2.45, 2.75) is 109 Å². The van der Waals surface area contributed by atoms with Crippen LogP contribution >= 0.6 is 0 Å². The molecular formula is C29H39F7O4. The Kier molecular flexibility index (Phi) is 10.7. The Morgan fingerprint density at radius 2 is 1.38 bits per heavy atom. The van der Waals surface area contributed by atoms with Crippen LogP contribution < -0.4 is 4.74 Å². The van der Waals surface area contributed by atoms with E-state index in [9.17, 15) is 30.7 Å². The third-order valence-electron chi connectivity index (χ3n) is 8.66. The van der Waals surface area contributed by atoms with Crippen molar-refractivity contribution in [2.24, 2.45) is 23.7 Å². The molecular weight excluding hydrogens is 545 g/mol. The average molecular weight is 585 g/mol. The molecule has 0 atom stereocenters. The van der Waals surface area contributed by atoms with Gasteiger partial charge in [0.05, 0.1) is 25.2 Å². The second-order valence-electron chi connectivity index (χ2n) is 11.6. The van der Waals surface area contributed by atoms with Gasteiger partial charge in [0.15, 0.2) is 17.5 Å². The van der Waals surface area contributed by atoms with E-state index >= 15 is 0 Å². The number of alkyl halides is 4. The monoisotopic (exact) mass is 584 g/mol. The molecule has 0 N–H and O–H groups in total. The van der Waals surface area contributed by atoms with Gasteiger partial charge in [-0.05, 0) is 63.2 Å². The number of rotatable bonds is 11. The van der Waals surface area contributed by atoms with Crippen molar-refractivity contribution in [2.75, 3.05) is 13.2 Å². The van der Waals surface area contributed by atoms with E-state index in [0.29, 0.717) is 56.6 Å². The highest BCUT2D eigenvalue weighted by Crippen LogP contribution is 2.44. The molecule has 3 aliphatic rings. The summed E-state index contributed by atoms with van der Waals surface area (Å²) in [5.74, 6) is -6.46. The summed E-state index contributed by atoms with van der Waals surface area (Å²) >= 11 is 0. The predicted octanol–water partition coefficient (Wildman–Crippen LogP) is 8.62. The molecule has 0 unspecified atom stereocenters. The first-order valence-corrected chi connectivity index (χ1v) is 14.5. The van der Waals surface area contributed by atoms with Crippen LogP contribution in [0.25, 0.3) is 0 Å². The fourth-order valence-corrected chi connectivity index (χ4v) is 6.25. The van der Waals surface area contributed by atoms with E-state index in [4.69, 9.17) is 14.2 Å². The normalized spacial score (nSPS) is 30.3. The highest BCUT2D eigenvalue weighted by atomic mass is 19.3. The number of halogens is 7. The summed E-state index contributed by atoms with van der Waals surface area (Å²) < 4.78 is 119. The van der Waals surface area contributed by atoms with E-state index in [-0.39, 0.29) is 25.0 Å². The van der Waals surface area contributed by atoms with Crippen LogP contribution in [0.15, 0.2) is 12.1 Å². The summed E-state index contributed by atoms with van der Waals surface area (Å²) in [6.45, 7) is 1.99. The molecule has 4 rings (SSSR count). The number of unbranched alkanes of at least 4 members (excludes halogenated alkanes) is 2. The molecule has 0 aromatic heterocycles. The van der Waals surface area contributed by atoms with Crippen LogP contribution in [-0.4, -0.2) is 37.8 Å². The molecule has 1 saturated heterocycles. The average Bonchev–Trinajstić information content (AvgIpc) is 2.92. The first kappa shape index (κ1) is 31.3. The summed E-state index contributed by atoms with van der Waals surface area (Å²) in [5, 5.41) is 0. The van der Waals surface area contributed by atoms with Gasteiger partial charge in [-0.3, -0.25) is 0 Å². The quantitative estimate of drug-likeness (QED) is 0.148. The molecule has 0 amide bonds. The van der Waals surface area contributed by atoms with Crippen LogP contribution in [0.3, 0.4) is 0 Å². The molecule has 3 fully saturated rings. The zero-order valence-corrected chi connectivity index (χ0v) is 22.8. The fraction of sp³-hybridized carbons (Fsp3) is 0.793. The SMILES string of the molecule is CCCCCC1CCC(C(F)(F)OC2CCC(C3COC(C(F)(F)Oc4cc(F)c(F)c(F)c4)OC3)CC2)CC1. The highest BCUT2D eigenvalue weighted by molar-refractivity contribution is 5.25. The van der Waals surface area contributed by atoms with Gasteiger partial charge < -0.3 is 18.9 Å². The third-order valence-corrected chi connectivity index (χ3v) is 8.66. The molecule has 0 spiro atoms. The van der Waals surface area contributed by atoms with E-state index in [1.807, 2.05) is 0 Å². The highest BCUT2D eigenvalue weighted by Gasteiger charge is 2.49. The van der Waals surface area contributed by atoms with Gasteiger partial charge in [-0.15, -0.1) is 0 Å². The van der Waals surface area contributed by atoms with Gasteiger partial charge in [-0.2, -0.15) is 17.6 Å². The van der Waals surface area contributed by atoms with Gasteiger partial charge in [0.25, 0.3) is 6.29 Å². The van der Waals surface area contributed by atoms with Gasteiger partial charge >= 0.3 is 12.2 Å². The second-order valence-corrected chi connectivity index (χ2v) is 11.6. The summed E-state index contributed by atoms with van der Waals surface area (Å²) in [6, 6.07) is 0.614. The summed E-state index contributed by atoms with van der Waals surface area (Å²) in [6.07, 6.45) is -0.664. The number of benzene rings is 1. The van der Waals surface area contributed by atoms with E-state index in [2.05, 4.69) is 11.7 Å². The van der Waals surface area contributed by atoms with Crippen molar-refractivity contribution in [1.82, 2.24) is 0 Å². The van der Waals surface area contributed by atoms with Crippen molar-refractivity contribution in [3.63, 3.8) is 0 Å². The molecule has 11 heteroatoms. The number of hydrogen-bond donors (Lipinski definition) is 0. The fourth-order valence-electron chi connectivity index (χ4n) is 6.25. The Labute approximate surface area is 230 Å². The third kappa shape index (κ3) is 8.03. The van der Waals surface area contributed by atoms with E-state index in [1.165, 1.54) is 6.42 Å². The van der Waals surface area contributed by atoms with Crippen LogP contribution in [0.4, 0.5) is 30.7 Å². The molecule has 0 radical (unpaired) electrons. The standard InChI is InChI=1S/C29H39F7O4/c1-2-3-4-5-18-6-10-21(11-7-18)28(33,34)39-22-12-8-19(9-13-22)20-16-37-27(38-17-20)29(35,36)40-23-14-24(30)26(32)25(31)15-23/h14-15,18-22,27H,2-13,16-17H2,1H3. The molecule has 1 heterocycles. The number of hydrogen-bond acceptors (Lipinski definition) is 4. The van der Waals surface area contributed by atoms with Crippen molar-refractivity contribution < 1.29 is 49.7 Å². The van der Waals surface area contributed by atoms with Gasteiger partial charge in [0.2, 0.25) is 0 Å². The van der Waals surface area contributed by atoms with Crippen molar-refractivity contribution >= 4 is 0 Å². The lowest BCUT2D eigenvalue weighted by molar-refractivity contribution is -0.354. The minimum Gasteiger partial charge on any atom is -0.429 e. The van der Waals surface area contributed by atoms with Crippen LogP contribution in [0.5, 0.6) is 5.75 Å². The first-order valence-electron chi connectivity index (χ1n) is 14.5. The Hall–Kier alpha value is -1.59. The smallest absolute Gasteiger partial charge is 0.429 e. The molecule has 0 bridgehead atoms. The molecule has 40 heavy (non-hydrogen) atoms. The molecule has 2 saturated carbocycles. The van der Waals surface area contributed by atoms with Crippen LogP contribution in [-0.2, 0) is 14.2 Å².